The van der Waals surface area contributed by atoms with Crippen LogP contribution >= 0.6 is 0 Å². The number of nitrogens with zero attached hydrogens (tertiary/aromatic N) is 2. The van der Waals surface area contributed by atoms with Gasteiger partial charge in [-0.2, -0.15) is 5.26 Å². The highest BCUT2D eigenvalue weighted by atomic mass is 19.2. The van der Waals surface area contributed by atoms with Gasteiger partial charge in [0.2, 0.25) is 0 Å². The van der Waals surface area contributed by atoms with Crippen molar-refractivity contribution in [1.29, 1.82) is 5.26 Å². The number of rotatable bonds is 1. The van der Waals surface area contributed by atoms with Gasteiger partial charge in [0.05, 0.1) is 6.07 Å². The predicted molar refractivity (Wildman–Crippen MR) is 19.4 cm³/mol. The van der Waals surface area contributed by atoms with Crippen LogP contribution in [0.4, 0.5) is 4.48 Å². The van der Waals surface area contributed by atoms with Crippen molar-refractivity contribution >= 4 is 0 Å². The zero-order valence-corrected chi connectivity index (χ0v) is 3.48. The Bertz CT molecular complexity index is 63.7. The minimum absolute atomic E-state index is 0.153. The molecule has 0 aliphatic heterocycles. The summed E-state index contributed by atoms with van der Waals surface area (Å²) in [6.45, 7) is -0.153. The van der Waals surface area contributed by atoms with Crippen LogP contribution in [0.2, 0.25) is 0 Å². The summed E-state index contributed by atoms with van der Waals surface area (Å²) in [4.78, 5) is 0. The zero-order chi connectivity index (χ0) is 4.99. The van der Waals surface area contributed by atoms with Crippen LogP contribution in [0.25, 0.3) is 0 Å². The SMILES string of the molecule is CN(F)CC#N. The Balaban J connectivity index is 2.88. The van der Waals surface area contributed by atoms with Crippen molar-refractivity contribution in [3.63, 3.8) is 0 Å². The molecule has 34 valence electrons. The van der Waals surface area contributed by atoms with Gasteiger partial charge in [-0.15, -0.1) is 9.60 Å². The van der Waals surface area contributed by atoms with Gasteiger partial charge in [0.25, 0.3) is 0 Å². The van der Waals surface area contributed by atoms with E-state index in [-0.39, 0.29) is 6.54 Å². The number of hydrogen-bond acceptors (Lipinski definition) is 2. The fourth-order valence-corrected chi connectivity index (χ4v) is 0.0974. The molecule has 0 unspecified atom stereocenters. The molecule has 0 bridgehead atoms. The van der Waals surface area contributed by atoms with Crippen molar-refractivity contribution in [2.75, 3.05) is 13.6 Å². The molecule has 0 aromatic rings. The quantitative estimate of drug-likeness (QED) is 0.341. The maximum atomic E-state index is 11.3. The van der Waals surface area contributed by atoms with Gasteiger partial charge in [-0.25, -0.2) is 0 Å². The topological polar surface area (TPSA) is 27.0 Å². The van der Waals surface area contributed by atoms with Crippen LogP contribution in [-0.4, -0.2) is 18.7 Å². The first kappa shape index (κ1) is 5.38. The van der Waals surface area contributed by atoms with E-state index in [1.165, 1.54) is 7.05 Å². The van der Waals surface area contributed by atoms with Crippen LogP contribution in [0.3, 0.4) is 0 Å². The summed E-state index contributed by atoms with van der Waals surface area (Å²) in [7, 11) is 1.20. The van der Waals surface area contributed by atoms with E-state index >= 15 is 0 Å². The molecule has 3 heteroatoms. The van der Waals surface area contributed by atoms with Gasteiger partial charge in [0.15, 0.2) is 0 Å². The highest BCUT2D eigenvalue weighted by molar-refractivity contribution is 4.69. The van der Waals surface area contributed by atoms with Crippen molar-refractivity contribution in [3.05, 3.63) is 0 Å². The largest absolute Gasteiger partial charge is 0.197 e. The van der Waals surface area contributed by atoms with Gasteiger partial charge in [-0.3, -0.25) is 0 Å². The van der Waals surface area contributed by atoms with E-state index in [0.29, 0.717) is 5.12 Å². The summed E-state index contributed by atoms with van der Waals surface area (Å²) in [6, 6.07) is 1.62. The van der Waals surface area contributed by atoms with Gasteiger partial charge in [-0.05, 0) is 0 Å². The summed E-state index contributed by atoms with van der Waals surface area (Å²) in [5, 5.41) is 8.02. The Labute approximate surface area is 35.7 Å². The highest BCUT2D eigenvalue weighted by Gasteiger charge is 1.84. The first-order chi connectivity index (χ1) is 2.77. The highest BCUT2D eigenvalue weighted by Crippen LogP contribution is 1.74. The molecule has 0 aromatic heterocycles. The molecule has 6 heavy (non-hydrogen) atoms. The monoisotopic (exact) mass is 88.0 g/mol. The molecule has 0 N–H and O–H groups in total. The molecule has 0 atom stereocenters. The number of halogens is 1. The zero-order valence-electron chi connectivity index (χ0n) is 3.48. The molecule has 0 heterocycles. The van der Waals surface area contributed by atoms with Crippen LogP contribution in [0.15, 0.2) is 0 Å². The average molecular weight is 88.1 g/mol. The first-order valence-corrected chi connectivity index (χ1v) is 1.51. The normalized spacial score (nSPS) is 8.33. The molecular formula is C3H5FN2. The Morgan fingerprint density at radius 2 is 2.50 bits per heavy atom. The number of hydrogen-bond donors (Lipinski definition) is 0. The summed E-state index contributed by atoms with van der Waals surface area (Å²) in [5.41, 5.74) is 0. The molecule has 0 saturated heterocycles. The van der Waals surface area contributed by atoms with Gasteiger partial charge in [-0.1, -0.05) is 0 Å². The fourth-order valence-electron chi connectivity index (χ4n) is 0.0974. The van der Waals surface area contributed by atoms with Crippen LogP contribution in [0, 0.1) is 11.3 Å². The second kappa shape index (κ2) is 2.61. The maximum absolute atomic E-state index is 11.3. The molecule has 0 aliphatic rings. The van der Waals surface area contributed by atoms with Crippen LogP contribution in [0.5, 0.6) is 0 Å². The lowest BCUT2D eigenvalue weighted by Gasteiger charge is -1.90. The lowest BCUT2D eigenvalue weighted by molar-refractivity contribution is 0.0785. The van der Waals surface area contributed by atoms with Crippen molar-refractivity contribution in [3.8, 4) is 6.07 Å². The van der Waals surface area contributed by atoms with Crippen LogP contribution in [0.1, 0.15) is 0 Å². The van der Waals surface area contributed by atoms with E-state index < -0.39 is 0 Å². The third-order valence-electron chi connectivity index (χ3n) is 0.289. The molecule has 0 saturated carbocycles. The van der Waals surface area contributed by atoms with E-state index in [0.717, 1.165) is 0 Å². The lowest BCUT2D eigenvalue weighted by Crippen LogP contribution is -2.04. The molecule has 2 nitrogen and oxygen atoms in total. The second-order valence-corrected chi connectivity index (χ2v) is 0.921. The van der Waals surface area contributed by atoms with E-state index in [9.17, 15) is 4.48 Å². The Morgan fingerprint density at radius 1 is 2.00 bits per heavy atom. The van der Waals surface area contributed by atoms with Crippen molar-refractivity contribution in [1.82, 2.24) is 5.12 Å². The average Bonchev–Trinajstić information content (AvgIpc) is 1.35. The van der Waals surface area contributed by atoms with E-state index in [4.69, 9.17) is 5.26 Å². The molecule has 0 rings (SSSR count). The van der Waals surface area contributed by atoms with Gasteiger partial charge in [0, 0.05) is 7.05 Å². The van der Waals surface area contributed by atoms with Crippen LogP contribution in [-0.2, 0) is 0 Å². The summed E-state index contributed by atoms with van der Waals surface area (Å²) < 4.78 is 11.3. The Morgan fingerprint density at radius 3 is 2.50 bits per heavy atom. The van der Waals surface area contributed by atoms with E-state index in [1.807, 2.05) is 0 Å². The van der Waals surface area contributed by atoms with Crippen molar-refractivity contribution < 1.29 is 4.48 Å². The third-order valence-corrected chi connectivity index (χ3v) is 0.289. The molecule has 0 amide bonds. The summed E-state index contributed by atoms with van der Waals surface area (Å²) in [6.07, 6.45) is 0. The summed E-state index contributed by atoms with van der Waals surface area (Å²) >= 11 is 0. The second-order valence-electron chi connectivity index (χ2n) is 0.921. The van der Waals surface area contributed by atoms with Crippen molar-refractivity contribution in [2.24, 2.45) is 0 Å². The molecular weight excluding hydrogens is 83.0 g/mol. The van der Waals surface area contributed by atoms with E-state index in [2.05, 4.69) is 0 Å². The molecule has 0 fully saturated rings. The minimum Gasteiger partial charge on any atom is -0.197 e. The smallest absolute Gasteiger partial charge is 0.116 e. The van der Waals surface area contributed by atoms with Crippen LogP contribution < -0.4 is 0 Å². The predicted octanol–water partition coefficient (Wildman–Crippen LogP) is 0.326. The molecule has 0 spiro atoms. The van der Waals surface area contributed by atoms with Gasteiger partial charge in [0.1, 0.15) is 6.54 Å². The standard InChI is InChI=1S/C3H5FN2/c1-6(4)3-2-5/h3H2,1H3. The lowest BCUT2D eigenvalue weighted by atomic mass is 10.7. The minimum atomic E-state index is -0.153. The maximum Gasteiger partial charge on any atom is 0.116 e. The molecule has 0 aliphatic carbocycles. The first-order valence-electron chi connectivity index (χ1n) is 1.51. The van der Waals surface area contributed by atoms with Crippen molar-refractivity contribution in [2.45, 2.75) is 0 Å². The van der Waals surface area contributed by atoms with E-state index in [1.54, 1.807) is 6.07 Å². The van der Waals surface area contributed by atoms with Gasteiger partial charge < -0.3 is 0 Å². The Hall–Kier alpha value is -0.620. The molecule has 0 radical (unpaired) electrons. The number of nitriles is 1. The third kappa shape index (κ3) is 3.38. The summed E-state index contributed by atoms with van der Waals surface area (Å²) in [5.74, 6) is 0. The van der Waals surface area contributed by atoms with Gasteiger partial charge >= 0.3 is 0 Å². The fraction of sp³-hybridized carbons (Fsp3) is 0.667. The molecule has 0 aromatic carbocycles. The Kier molecular flexibility index (Phi) is 2.34.